The van der Waals surface area contributed by atoms with Crippen LogP contribution in [0.1, 0.15) is 5.56 Å². The molecular weight excluding hydrogens is 248 g/mol. The highest BCUT2D eigenvalue weighted by molar-refractivity contribution is 5.26. The maximum absolute atomic E-state index is 12.7. The Morgan fingerprint density at radius 1 is 0.938 bits per heavy atom. The third-order valence-electron chi connectivity index (χ3n) is 1.64. The molecule has 0 spiro atoms. The summed E-state index contributed by atoms with van der Waals surface area (Å²) in [6, 6.07) is 1.11. The van der Waals surface area contributed by atoms with Crippen LogP contribution in [-0.4, -0.2) is 6.18 Å². The van der Waals surface area contributed by atoms with E-state index in [1.807, 2.05) is 0 Å². The van der Waals surface area contributed by atoms with Gasteiger partial charge in [0.2, 0.25) is 0 Å². The van der Waals surface area contributed by atoms with Gasteiger partial charge in [-0.15, -0.1) is 0 Å². The van der Waals surface area contributed by atoms with Crippen LogP contribution in [0, 0.1) is 23.5 Å². The lowest BCUT2D eigenvalue weighted by Gasteiger charge is -2.20. The molecule has 0 saturated carbocycles. The van der Waals surface area contributed by atoms with E-state index in [0.29, 0.717) is 0 Å². The van der Waals surface area contributed by atoms with Crippen LogP contribution in [0.3, 0.4) is 0 Å². The molecule has 1 aromatic carbocycles. The predicted octanol–water partition coefficient (Wildman–Crippen LogP) is 3.56. The SMILES string of the molecule is Fc1[c]cc(F)c(F)c1C(F)(F)C(F)(F)F. The molecule has 8 heteroatoms. The first-order chi connectivity index (χ1) is 7.09. The maximum atomic E-state index is 12.7. The Morgan fingerprint density at radius 2 is 1.44 bits per heavy atom. The molecule has 0 nitrogen and oxygen atoms in total. The van der Waals surface area contributed by atoms with Crippen LogP contribution < -0.4 is 0 Å². The lowest BCUT2D eigenvalue weighted by atomic mass is 10.1. The summed E-state index contributed by atoms with van der Waals surface area (Å²) in [4.78, 5) is 0. The number of rotatable bonds is 1. The molecule has 0 unspecified atom stereocenters. The molecule has 0 aromatic heterocycles. The summed E-state index contributed by atoms with van der Waals surface area (Å²) in [5.41, 5.74) is -2.69. The Hall–Kier alpha value is -1.34. The highest BCUT2D eigenvalue weighted by Crippen LogP contribution is 2.45. The first-order valence-corrected chi connectivity index (χ1v) is 3.59. The van der Waals surface area contributed by atoms with Crippen molar-refractivity contribution in [3.8, 4) is 0 Å². The van der Waals surface area contributed by atoms with E-state index in [1.165, 1.54) is 0 Å². The van der Waals surface area contributed by atoms with E-state index in [-0.39, 0.29) is 6.07 Å². The second kappa shape index (κ2) is 3.60. The fraction of sp³-hybridized carbons (Fsp3) is 0.250. The zero-order valence-electron chi connectivity index (χ0n) is 7.10. The van der Waals surface area contributed by atoms with Gasteiger partial charge in [0.15, 0.2) is 11.6 Å². The third-order valence-corrected chi connectivity index (χ3v) is 1.64. The van der Waals surface area contributed by atoms with Crippen molar-refractivity contribution in [1.82, 2.24) is 0 Å². The van der Waals surface area contributed by atoms with Gasteiger partial charge in [0.25, 0.3) is 0 Å². The minimum absolute atomic E-state index is 0.0133. The molecule has 16 heavy (non-hydrogen) atoms. The Bertz CT molecular complexity index is 405. The fourth-order valence-corrected chi connectivity index (χ4v) is 0.895. The van der Waals surface area contributed by atoms with Crippen molar-refractivity contribution in [2.75, 3.05) is 0 Å². The number of hydrogen-bond acceptors (Lipinski definition) is 0. The number of benzene rings is 1. The van der Waals surface area contributed by atoms with Crippen LogP contribution in [0.2, 0.25) is 0 Å². The standard InChI is InChI=1S/C8HF8/c9-3-1-2-4(10)6(11)5(3)7(12,13)8(14,15)16/h2H. The number of alkyl halides is 5. The monoisotopic (exact) mass is 249 g/mol. The normalized spacial score (nSPS) is 13.0. The zero-order chi connectivity index (χ0) is 12.7. The predicted molar refractivity (Wildman–Crippen MR) is 35.1 cm³/mol. The molecule has 89 valence electrons. The van der Waals surface area contributed by atoms with Gasteiger partial charge in [0.05, 0.1) is 0 Å². The second-order valence-corrected chi connectivity index (χ2v) is 2.71. The van der Waals surface area contributed by atoms with Crippen molar-refractivity contribution in [2.45, 2.75) is 12.1 Å². The van der Waals surface area contributed by atoms with Crippen molar-refractivity contribution in [1.29, 1.82) is 0 Å². The molecule has 0 fully saturated rings. The molecule has 1 rings (SSSR count). The van der Waals surface area contributed by atoms with Crippen LogP contribution in [0.5, 0.6) is 0 Å². The molecule has 1 aromatic rings. The summed E-state index contributed by atoms with van der Waals surface area (Å²) < 4.78 is 98.2. The summed E-state index contributed by atoms with van der Waals surface area (Å²) in [6.45, 7) is 0. The largest absolute Gasteiger partial charge is 0.458 e. The smallest absolute Gasteiger partial charge is 0.206 e. The summed E-state index contributed by atoms with van der Waals surface area (Å²) in [5, 5.41) is 0. The average molecular weight is 249 g/mol. The lowest BCUT2D eigenvalue weighted by Crippen LogP contribution is -2.35. The van der Waals surface area contributed by atoms with Crippen molar-refractivity contribution in [2.24, 2.45) is 0 Å². The molecule has 0 aliphatic rings. The molecule has 0 bridgehead atoms. The first-order valence-electron chi connectivity index (χ1n) is 3.59. The van der Waals surface area contributed by atoms with Gasteiger partial charge in [0.1, 0.15) is 11.4 Å². The molecule has 0 saturated heterocycles. The van der Waals surface area contributed by atoms with E-state index in [9.17, 15) is 35.1 Å². The molecule has 0 N–H and O–H groups in total. The van der Waals surface area contributed by atoms with Crippen LogP contribution in [-0.2, 0) is 5.92 Å². The highest BCUT2D eigenvalue weighted by Gasteiger charge is 2.61. The lowest BCUT2D eigenvalue weighted by molar-refractivity contribution is -0.291. The Morgan fingerprint density at radius 3 is 1.88 bits per heavy atom. The van der Waals surface area contributed by atoms with Gasteiger partial charge < -0.3 is 0 Å². The third kappa shape index (κ3) is 1.83. The van der Waals surface area contributed by atoms with Crippen LogP contribution in [0.15, 0.2) is 6.07 Å². The maximum Gasteiger partial charge on any atom is 0.458 e. The molecule has 0 heterocycles. The average Bonchev–Trinajstić information content (AvgIpc) is 2.10. The summed E-state index contributed by atoms with van der Waals surface area (Å²) in [6.07, 6.45) is -6.23. The Balaban J connectivity index is 3.50. The topological polar surface area (TPSA) is 0 Å². The molecule has 0 amide bonds. The molecule has 0 atom stereocenters. The van der Waals surface area contributed by atoms with E-state index < -0.39 is 35.1 Å². The van der Waals surface area contributed by atoms with Gasteiger partial charge in [-0.25, -0.2) is 13.2 Å². The van der Waals surface area contributed by atoms with Gasteiger partial charge in [0, 0.05) is 6.07 Å². The van der Waals surface area contributed by atoms with Crippen molar-refractivity contribution < 1.29 is 35.1 Å². The van der Waals surface area contributed by atoms with Crippen molar-refractivity contribution >= 4 is 0 Å². The van der Waals surface area contributed by atoms with Gasteiger partial charge in [-0.3, -0.25) is 0 Å². The minimum atomic E-state index is -6.23. The van der Waals surface area contributed by atoms with Crippen LogP contribution in [0.4, 0.5) is 35.1 Å². The molecule has 0 aliphatic heterocycles. The van der Waals surface area contributed by atoms with E-state index >= 15 is 0 Å². The van der Waals surface area contributed by atoms with Gasteiger partial charge in [-0.2, -0.15) is 22.0 Å². The minimum Gasteiger partial charge on any atom is -0.206 e. The summed E-state index contributed by atoms with van der Waals surface area (Å²) in [5.74, 6) is -12.7. The van der Waals surface area contributed by atoms with E-state index in [0.717, 1.165) is 6.07 Å². The van der Waals surface area contributed by atoms with Crippen LogP contribution in [0.25, 0.3) is 0 Å². The van der Waals surface area contributed by atoms with Gasteiger partial charge in [-0.05, 0) is 6.07 Å². The van der Waals surface area contributed by atoms with Crippen molar-refractivity contribution in [3.05, 3.63) is 35.1 Å². The van der Waals surface area contributed by atoms with Gasteiger partial charge in [-0.1, -0.05) is 0 Å². The van der Waals surface area contributed by atoms with Crippen LogP contribution >= 0.6 is 0 Å². The van der Waals surface area contributed by atoms with Gasteiger partial charge >= 0.3 is 12.1 Å². The highest BCUT2D eigenvalue weighted by atomic mass is 19.4. The van der Waals surface area contributed by atoms with E-state index in [1.54, 1.807) is 0 Å². The Kier molecular flexibility index (Phi) is 2.86. The number of hydrogen-bond donors (Lipinski definition) is 0. The van der Waals surface area contributed by atoms with E-state index in [4.69, 9.17) is 0 Å². The summed E-state index contributed by atoms with van der Waals surface area (Å²) in [7, 11) is 0. The van der Waals surface area contributed by atoms with Crippen molar-refractivity contribution in [3.63, 3.8) is 0 Å². The first kappa shape index (κ1) is 12.7. The fourth-order valence-electron chi connectivity index (χ4n) is 0.895. The van der Waals surface area contributed by atoms with E-state index in [2.05, 4.69) is 0 Å². The zero-order valence-corrected chi connectivity index (χ0v) is 7.10. The molecule has 1 radical (unpaired) electrons. The number of halogens is 8. The molecular formula is C8HF8. The molecule has 0 aliphatic carbocycles. The summed E-state index contributed by atoms with van der Waals surface area (Å²) >= 11 is 0. The Labute approximate surface area is 83.5 Å². The quantitative estimate of drug-likeness (QED) is 0.527. The second-order valence-electron chi connectivity index (χ2n) is 2.71.